The van der Waals surface area contributed by atoms with Gasteiger partial charge in [0.15, 0.2) is 26.8 Å². The minimum atomic E-state index is -4.90. The van der Waals surface area contributed by atoms with E-state index in [1.54, 1.807) is 6.20 Å². The second-order valence-electron chi connectivity index (χ2n) is 10.4. The van der Waals surface area contributed by atoms with Gasteiger partial charge >= 0.3 is 12.1 Å². The summed E-state index contributed by atoms with van der Waals surface area (Å²) in [6, 6.07) is 5.44. The highest BCUT2D eigenvalue weighted by molar-refractivity contribution is 7.92. The highest BCUT2D eigenvalue weighted by Crippen LogP contribution is 2.33. The van der Waals surface area contributed by atoms with E-state index >= 15 is 0 Å². The van der Waals surface area contributed by atoms with E-state index in [4.69, 9.17) is 9.57 Å². The van der Waals surface area contributed by atoms with Crippen LogP contribution >= 0.6 is 11.3 Å². The Kier molecular flexibility index (Phi) is 9.15. The number of rotatable bonds is 10. The lowest BCUT2D eigenvalue weighted by molar-refractivity contribution is -0.174. The molecule has 1 saturated carbocycles. The van der Waals surface area contributed by atoms with Crippen LogP contribution < -0.4 is 10.6 Å². The van der Waals surface area contributed by atoms with Gasteiger partial charge in [0.2, 0.25) is 0 Å². The van der Waals surface area contributed by atoms with E-state index in [0.29, 0.717) is 75.6 Å². The molecule has 3 fully saturated rings. The molecule has 16 heteroatoms. The topological polar surface area (TPSA) is 139 Å². The minimum absolute atomic E-state index is 0.0444. The molecule has 1 aromatic heterocycles. The first-order chi connectivity index (χ1) is 20.0. The quantitative estimate of drug-likeness (QED) is 0.302. The number of anilines is 1. The van der Waals surface area contributed by atoms with Gasteiger partial charge in [-0.2, -0.15) is 13.2 Å². The zero-order valence-corrected chi connectivity index (χ0v) is 24.1. The lowest BCUT2D eigenvalue weighted by atomic mass is 10.0. The average molecular weight is 630 g/mol. The van der Waals surface area contributed by atoms with E-state index < -0.39 is 33.9 Å². The van der Waals surface area contributed by atoms with Crippen molar-refractivity contribution in [3.63, 3.8) is 0 Å². The standard InChI is InChI=1S/C26H30F3N5O6S2/c27-26(28,29)24(36)31-17-7-10-34(11-8-17)14-19-13-30-25(41-19)32-23(35)22(33-40-18-9-12-39-15-18)16-1-3-20(4-2-16)42(37,38)21-5-6-21/h1-4,13,17-18,21H,5-12,14-15H2,(H,31,36)(H,30,32,35)/t18-/m1/s1. The molecule has 3 aliphatic rings. The molecule has 0 bridgehead atoms. The van der Waals surface area contributed by atoms with Crippen LogP contribution in [0.5, 0.6) is 0 Å². The summed E-state index contributed by atoms with van der Waals surface area (Å²) in [6.45, 7) is 2.34. The predicted octanol–water partition coefficient (Wildman–Crippen LogP) is 2.87. The number of ether oxygens (including phenoxy) is 1. The number of aromatic nitrogens is 1. The van der Waals surface area contributed by atoms with Crippen molar-refractivity contribution in [3.8, 4) is 0 Å². The third-order valence-corrected chi connectivity index (χ3v) is 10.3. The first-order valence-electron chi connectivity index (χ1n) is 13.5. The molecule has 5 rings (SSSR count). The van der Waals surface area contributed by atoms with E-state index in [1.165, 1.54) is 35.6 Å². The van der Waals surface area contributed by atoms with Crippen LogP contribution in [0.3, 0.4) is 0 Å². The lowest BCUT2D eigenvalue weighted by Crippen LogP contribution is -2.48. The van der Waals surface area contributed by atoms with Crippen LogP contribution in [-0.2, 0) is 35.5 Å². The molecular weight excluding hydrogens is 599 g/mol. The molecule has 228 valence electrons. The number of halogens is 3. The maximum Gasteiger partial charge on any atom is 0.471 e. The largest absolute Gasteiger partial charge is 0.471 e. The summed E-state index contributed by atoms with van der Waals surface area (Å²) >= 11 is 1.24. The van der Waals surface area contributed by atoms with Gasteiger partial charge in [-0.25, -0.2) is 13.4 Å². The third-order valence-electron chi connectivity index (χ3n) is 7.15. The fourth-order valence-corrected chi connectivity index (χ4v) is 7.15. The highest BCUT2D eigenvalue weighted by Gasteiger charge is 2.40. The number of hydrogen-bond acceptors (Lipinski definition) is 10. The molecule has 11 nitrogen and oxygen atoms in total. The van der Waals surface area contributed by atoms with E-state index in [1.807, 2.05) is 10.2 Å². The molecule has 3 heterocycles. The summed E-state index contributed by atoms with van der Waals surface area (Å²) in [5.41, 5.74) is 0.329. The van der Waals surface area contributed by atoms with Crippen molar-refractivity contribution in [3.05, 3.63) is 40.9 Å². The zero-order valence-electron chi connectivity index (χ0n) is 22.4. The Balaban J connectivity index is 1.20. The van der Waals surface area contributed by atoms with Crippen LogP contribution in [0.25, 0.3) is 0 Å². The van der Waals surface area contributed by atoms with Crippen LogP contribution in [0.2, 0.25) is 0 Å². The molecule has 0 spiro atoms. The van der Waals surface area contributed by atoms with Crippen LogP contribution in [0.1, 0.15) is 42.5 Å². The fraction of sp³-hybridized carbons (Fsp3) is 0.538. The van der Waals surface area contributed by atoms with Gasteiger partial charge in [-0.05, 0) is 37.8 Å². The summed E-state index contributed by atoms with van der Waals surface area (Å²) in [5, 5.41) is 8.81. The number of sulfone groups is 1. The third kappa shape index (κ3) is 7.65. The van der Waals surface area contributed by atoms with Gasteiger partial charge in [0.1, 0.15) is 0 Å². The minimum Gasteiger partial charge on any atom is -0.389 e. The molecule has 2 N–H and O–H groups in total. The first kappa shape index (κ1) is 30.4. The van der Waals surface area contributed by atoms with Gasteiger partial charge in [-0.3, -0.25) is 19.8 Å². The number of carbonyl (C=O) groups excluding carboxylic acids is 2. The average Bonchev–Trinajstić information content (AvgIpc) is 3.54. The summed E-state index contributed by atoms with van der Waals surface area (Å²) < 4.78 is 68.0. The zero-order chi connectivity index (χ0) is 29.9. The summed E-state index contributed by atoms with van der Waals surface area (Å²) in [6.07, 6.45) is -0.914. The van der Waals surface area contributed by atoms with Crippen LogP contribution in [0, 0.1) is 0 Å². The fourth-order valence-electron chi connectivity index (χ4n) is 4.64. The Morgan fingerprint density at radius 3 is 2.45 bits per heavy atom. The van der Waals surface area contributed by atoms with Crippen molar-refractivity contribution in [1.29, 1.82) is 0 Å². The number of benzene rings is 1. The Labute approximate surface area is 244 Å². The van der Waals surface area contributed by atoms with Crippen molar-refractivity contribution in [1.82, 2.24) is 15.2 Å². The highest BCUT2D eigenvalue weighted by atomic mass is 32.2. The second kappa shape index (κ2) is 12.7. The number of amides is 2. The Hall–Kier alpha value is -3.08. The molecule has 1 aromatic carbocycles. The van der Waals surface area contributed by atoms with Crippen LogP contribution in [-0.4, -0.2) is 85.7 Å². The van der Waals surface area contributed by atoms with Gasteiger partial charge in [0, 0.05) is 48.7 Å². The van der Waals surface area contributed by atoms with Gasteiger partial charge in [-0.1, -0.05) is 17.3 Å². The number of thiazole rings is 1. The first-order valence-corrected chi connectivity index (χ1v) is 15.9. The number of nitrogens with zero attached hydrogens (tertiary/aromatic N) is 3. The normalized spacial score (nSPS) is 20.8. The van der Waals surface area contributed by atoms with E-state index in [2.05, 4.69) is 15.5 Å². The number of likely N-dealkylation sites (tertiary alicyclic amines) is 1. The Morgan fingerprint density at radius 2 is 1.83 bits per heavy atom. The smallest absolute Gasteiger partial charge is 0.389 e. The molecule has 2 amide bonds. The lowest BCUT2D eigenvalue weighted by Gasteiger charge is -2.32. The predicted molar refractivity (Wildman–Crippen MR) is 147 cm³/mol. The Bertz CT molecular complexity index is 1410. The van der Waals surface area contributed by atoms with E-state index in [-0.39, 0.29) is 22.0 Å². The van der Waals surface area contributed by atoms with Gasteiger partial charge < -0.3 is 14.9 Å². The number of hydrogen-bond donors (Lipinski definition) is 2. The maximum atomic E-state index is 13.3. The van der Waals surface area contributed by atoms with Gasteiger partial charge in [0.05, 0.1) is 23.4 Å². The van der Waals surface area contributed by atoms with Crippen LogP contribution in [0.15, 0.2) is 40.5 Å². The van der Waals surface area contributed by atoms with Crippen molar-refractivity contribution in [2.75, 3.05) is 31.6 Å². The molecule has 42 heavy (non-hydrogen) atoms. The van der Waals surface area contributed by atoms with Crippen molar-refractivity contribution in [2.24, 2.45) is 5.16 Å². The number of piperidine rings is 1. The molecule has 2 aliphatic heterocycles. The van der Waals surface area contributed by atoms with Crippen molar-refractivity contribution >= 4 is 43.8 Å². The summed E-state index contributed by atoms with van der Waals surface area (Å²) in [4.78, 5) is 37.4. The summed E-state index contributed by atoms with van der Waals surface area (Å²) in [5.74, 6) is -2.51. The van der Waals surface area contributed by atoms with Crippen LogP contribution in [0.4, 0.5) is 18.3 Å². The second-order valence-corrected chi connectivity index (χ2v) is 13.8. The molecule has 2 saturated heterocycles. The monoisotopic (exact) mass is 629 g/mol. The van der Waals surface area contributed by atoms with Gasteiger partial charge in [-0.15, -0.1) is 11.3 Å². The van der Waals surface area contributed by atoms with Gasteiger partial charge in [0.25, 0.3) is 5.91 Å². The number of alkyl halides is 3. The number of carbonyl (C=O) groups is 2. The molecule has 1 aliphatic carbocycles. The Morgan fingerprint density at radius 1 is 1.12 bits per heavy atom. The molecule has 2 aromatic rings. The number of nitrogens with one attached hydrogen (secondary N) is 2. The van der Waals surface area contributed by atoms with E-state index in [0.717, 1.165) is 4.88 Å². The maximum absolute atomic E-state index is 13.3. The SMILES string of the molecule is O=C(Nc1ncc(CN2CCC(NC(=O)C(F)(F)F)CC2)s1)C(=NO[C@@H]1CCOC1)c1ccc(S(=O)(=O)C2CC2)cc1. The molecule has 0 unspecified atom stereocenters. The number of oxime groups is 1. The molecule has 0 radical (unpaired) electrons. The van der Waals surface area contributed by atoms with Crippen molar-refractivity contribution in [2.45, 2.75) is 67.1 Å². The van der Waals surface area contributed by atoms with E-state index in [9.17, 15) is 31.2 Å². The molecular formula is C26H30F3N5O6S2. The molecule has 1 atom stereocenters. The summed E-state index contributed by atoms with van der Waals surface area (Å²) in [7, 11) is -3.39. The van der Waals surface area contributed by atoms with Crippen molar-refractivity contribution < 1.29 is 40.8 Å².